The minimum absolute atomic E-state index is 0. The van der Waals surface area contributed by atoms with Gasteiger partial charge in [0.05, 0.1) is 23.4 Å². The Balaban J connectivity index is 0.00000432. The molecule has 5 aromatic rings. The van der Waals surface area contributed by atoms with Gasteiger partial charge in [0.2, 0.25) is 5.79 Å². The maximum Gasteiger partial charge on any atom is 0.350 e. The number of hydrogen-bond acceptors (Lipinski definition) is 9. The van der Waals surface area contributed by atoms with Crippen molar-refractivity contribution in [1.29, 1.82) is 0 Å². The lowest BCUT2D eigenvalue weighted by Gasteiger charge is -2.37. The van der Waals surface area contributed by atoms with Crippen LogP contribution in [-0.4, -0.2) is 74.6 Å². The molecule has 0 aliphatic carbocycles. The Kier molecular flexibility index (Phi) is 11.0. The first-order valence-corrected chi connectivity index (χ1v) is 17.2. The van der Waals surface area contributed by atoms with Crippen LogP contribution in [0.1, 0.15) is 31.9 Å². The van der Waals surface area contributed by atoms with Crippen molar-refractivity contribution in [3.05, 3.63) is 112 Å². The average molecular weight is 742 g/mol. The molecule has 3 aromatic carbocycles. The highest BCUT2D eigenvalue weighted by Gasteiger charge is 2.45. The zero-order valence-electron chi connectivity index (χ0n) is 27.8. The Labute approximate surface area is 306 Å². The first kappa shape index (κ1) is 35.7. The molecule has 4 heterocycles. The second-order valence-electron chi connectivity index (χ2n) is 12.3. The third kappa shape index (κ3) is 7.50. The van der Waals surface area contributed by atoms with E-state index in [1.165, 1.54) is 11.0 Å². The van der Waals surface area contributed by atoms with Crippen LogP contribution in [-0.2, 0) is 21.8 Å². The molecule has 0 saturated carbocycles. The molecule has 0 radical (unpaired) electrons. The van der Waals surface area contributed by atoms with Gasteiger partial charge in [-0.3, -0.25) is 0 Å². The van der Waals surface area contributed by atoms with Crippen molar-refractivity contribution in [1.82, 2.24) is 29.1 Å². The minimum atomic E-state index is -1.16. The van der Waals surface area contributed by atoms with Gasteiger partial charge in [0.25, 0.3) is 0 Å². The Morgan fingerprint density at radius 1 is 0.920 bits per heavy atom. The van der Waals surface area contributed by atoms with Crippen molar-refractivity contribution >= 4 is 47.0 Å². The summed E-state index contributed by atoms with van der Waals surface area (Å²) in [4.78, 5) is 21.6. The summed E-state index contributed by atoms with van der Waals surface area (Å²) >= 11 is 12.7. The Bertz CT molecular complexity index is 1910. The van der Waals surface area contributed by atoms with Gasteiger partial charge in [0.15, 0.2) is 0 Å². The van der Waals surface area contributed by atoms with Gasteiger partial charge in [-0.15, -0.1) is 12.4 Å². The lowest BCUT2D eigenvalue weighted by Crippen LogP contribution is -2.46. The number of nitrogens with zero attached hydrogens (tertiary/aromatic N) is 8. The molecule has 15 heteroatoms. The number of rotatable bonds is 11. The predicted octanol–water partition coefficient (Wildman–Crippen LogP) is 6.00. The highest BCUT2D eigenvalue weighted by Crippen LogP contribution is 2.40. The fourth-order valence-corrected chi connectivity index (χ4v) is 6.79. The molecule has 50 heavy (non-hydrogen) atoms. The second kappa shape index (κ2) is 15.4. The fraction of sp³-hybridized carbons (Fsp3) is 0.371. The molecule has 0 bridgehead atoms. The molecule has 0 spiro atoms. The van der Waals surface area contributed by atoms with Gasteiger partial charge in [-0.2, -0.15) is 10.2 Å². The van der Waals surface area contributed by atoms with E-state index in [9.17, 15) is 4.79 Å². The van der Waals surface area contributed by atoms with Crippen molar-refractivity contribution in [2.75, 3.05) is 49.2 Å². The maximum absolute atomic E-state index is 12.8. The van der Waals surface area contributed by atoms with E-state index in [4.69, 9.17) is 37.4 Å². The molecule has 3 atom stereocenters. The van der Waals surface area contributed by atoms with Crippen LogP contribution in [0.2, 0.25) is 10.0 Å². The number of aromatic nitrogens is 6. The van der Waals surface area contributed by atoms with Gasteiger partial charge in [-0.1, -0.05) is 36.2 Å². The van der Waals surface area contributed by atoms with Gasteiger partial charge in [0, 0.05) is 48.1 Å². The van der Waals surface area contributed by atoms with Crippen LogP contribution in [0.3, 0.4) is 0 Å². The standard InChI is InChI=1S/C35H38Cl2N8O4.ClH/c1-3-25(2)45-34(46)44(24-40-45)29-7-5-27(6-8-29)41-14-16-42(17-15-41)28-9-11-30(12-10-28)47-19-31-20-48-35(49-31,21-43-23-38-22-39-43)32-13-4-26(36)18-33(32)37;/h4-13,18,22-25,31H,3,14-17,19-21H2,1-2H3;1H/t25?,31-,35+;/m1./s1. The summed E-state index contributed by atoms with van der Waals surface area (Å²) in [5, 5.41) is 9.50. The van der Waals surface area contributed by atoms with E-state index in [1.54, 1.807) is 34.0 Å². The zero-order chi connectivity index (χ0) is 34.0. The molecule has 12 nitrogen and oxygen atoms in total. The quantitative estimate of drug-likeness (QED) is 0.161. The van der Waals surface area contributed by atoms with E-state index in [1.807, 2.05) is 44.2 Å². The lowest BCUT2D eigenvalue weighted by atomic mass is 10.1. The Hall–Kier alpha value is -4.07. The smallest absolute Gasteiger partial charge is 0.350 e. The van der Waals surface area contributed by atoms with E-state index < -0.39 is 5.79 Å². The molecule has 0 N–H and O–H groups in total. The van der Waals surface area contributed by atoms with Gasteiger partial charge >= 0.3 is 5.69 Å². The van der Waals surface area contributed by atoms with Crippen molar-refractivity contribution in [2.24, 2.45) is 0 Å². The monoisotopic (exact) mass is 740 g/mol. The average Bonchev–Trinajstić information content (AvgIpc) is 3.88. The highest BCUT2D eigenvalue weighted by atomic mass is 35.5. The summed E-state index contributed by atoms with van der Waals surface area (Å²) in [5.74, 6) is -0.410. The maximum atomic E-state index is 12.8. The molecular formula is C35H39Cl3N8O4. The number of anilines is 2. The minimum Gasteiger partial charge on any atom is -0.491 e. The van der Waals surface area contributed by atoms with Crippen LogP contribution in [0, 0.1) is 0 Å². The van der Waals surface area contributed by atoms with Crippen molar-refractivity contribution in [3.8, 4) is 11.4 Å². The summed E-state index contributed by atoms with van der Waals surface area (Å²) in [6, 6.07) is 21.6. The zero-order valence-corrected chi connectivity index (χ0v) is 30.1. The van der Waals surface area contributed by atoms with Gasteiger partial charge in [-0.05, 0) is 74.0 Å². The van der Waals surface area contributed by atoms with Crippen LogP contribution in [0.4, 0.5) is 11.4 Å². The number of piperazine rings is 1. The summed E-state index contributed by atoms with van der Waals surface area (Å²) in [5.41, 5.74) is 3.64. The van der Waals surface area contributed by atoms with E-state index in [2.05, 4.69) is 49.2 Å². The predicted molar refractivity (Wildman–Crippen MR) is 195 cm³/mol. The van der Waals surface area contributed by atoms with Crippen LogP contribution in [0.25, 0.3) is 5.69 Å². The highest BCUT2D eigenvalue weighted by molar-refractivity contribution is 6.35. The Morgan fingerprint density at radius 2 is 1.58 bits per heavy atom. The van der Waals surface area contributed by atoms with Crippen molar-refractivity contribution < 1.29 is 14.2 Å². The first-order valence-electron chi connectivity index (χ1n) is 16.4. The first-order chi connectivity index (χ1) is 23.8. The van der Waals surface area contributed by atoms with Gasteiger partial charge in [-0.25, -0.2) is 23.7 Å². The molecular weight excluding hydrogens is 703 g/mol. The fourth-order valence-electron chi connectivity index (χ4n) is 6.24. The third-order valence-corrected chi connectivity index (χ3v) is 9.70. The summed E-state index contributed by atoms with van der Waals surface area (Å²) < 4.78 is 23.7. The summed E-state index contributed by atoms with van der Waals surface area (Å²) in [6.07, 6.45) is 5.19. The number of halogens is 3. The largest absolute Gasteiger partial charge is 0.491 e. The SMILES string of the molecule is CCC(C)n1ncn(-c2ccc(N3CCN(c4ccc(OC[C@@H]5CO[C@](Cn6cncn6)(c6ccc(Cl)cc6Cl)O5)cc4)CC3)cc2)c1=O.Cl. The normalized spacial score (nSPS) is 19.7. The molecule has 2 aliphatic heterocycles. The van der Waals surface area contributed by atoms with Crippen LogP contribution >= 0.6 is 35.6 Å². The van der Waals surface area contributed by atoms with Crippen LogP contribution in [0.5, 0.6) is 5.75 Å². The summed E-state index contributed by atoms with van der Waals surface area (Å²) in [7, 11) is 0. The third-order valence-electron chi connectivity index (χ3n) is 9.15. The molecule has 264 valence electrons. The van der Waals surface area contributed by atoms with Crippen LogP contribution in [0.15, 0.2) is 90.5 Å². The molecule has 2 saturated heterocycles. The van der Waals surface area contributed by atoms with Crippen LogP contribution < -0.4 is 20.2 Å². The number of hydrogen-bond donors (Lipinski definition) is 0. The summed E-state index contributed by atoms with van der Waals surface area (Å²) in [6.45, 7) is 8.48. The molecule has 7 rings (SSSR count). The molecule has 2 aromatic heterocycles. The molecule has 2 fully saturated rings. The van der Waals surface area contributed by atoms with E-state index in [0.717, 1.165) is 55.4 Å². The topological polar surface area (TPSA) is 105 Å². The number of benzene rings is 3. The molecule has 1 unspecified atom stereocenters. The Morgan fingerprint density at radius 3 is 2.20 bits per heavy atom. The lowest BCUT2D eigenvalue weighted by molar-refractivity contribution is -0.190. The van der Waals surface area contributed by atoms with E-state index in [0.29, 0.717) is 28.8 Å². The molecule has 0 amide bonds. The molecule has 2 aliphatic rings. The van der Waals surface area contributed by atoms with E-state index >= 15 is 0 Å². The van der Waals surface area contributed by atoms with Crippen molar-refractivity contribution in [3.63, 3.8) is 0 Å². The second-order valence-corrected chi connectivity index (χ2v) is 13.1. The van der Waals surface area contributed by atoms with Crippen molar-refractivity contribution in [2.45, 2.75) is 44.7 Å². The van der Waals surface area contributed by atoms with Gasteiger partial charge in [0.1, 0.15) is 44.0 Å². The number of ether oxygens (including phenoxy) is 3. The van der Waals surface area contributed by atoms with E-state index in [-0.39, 0.29) is 36.8 Å². The van der Waals surface area contributed by atoms with Gasteiger partial charge < -0.3 is 24.0 Å².